The third-order valence-corrected chi connectivity index (χ3v) is 11.2. The third-order valence-electron chi connectivity index (χ3n) is 9.95. The standard InChI is InChI=1S/C40H30Cl2N2O4/c1-24-11-5-10-18-33(24)48-27-21-19-26(20-22-27)43-36(45)32(23-25-12-3-2-4-13-25)44-37(46)34-35(38(44)47)40(42)29-15-7-6-14-28(29)39(34,41)30-16-8-9-17-31(30)40/h2-22,32,34-35H,23H2,1H3,(H,43,45)/t32-,34-,35+,39?,40?/m1/s1. The number of halogens is 2. The summed E-state index contributed by atoms with van der Waals surface area (Å²) in [6.45, 7) is 1.97. The first-order valence-corrected chi connectivity index (χ1v) is 16.6. The zero-order valence-corrected chi connectivity index (χ0v) is 27.4. The second kappa shape index (κ2) is 11.4. The van der Waals surface area contributed by atoms with E-state index in [9.17, 15) is 14.4 Å². The van der Waals surface area contributed by atoms with Crippen molar-refractivity contribution in [3.05, 3.63) is 161 Å². The van der Waals surface area contributed by atoms with E-state index in [1.165, 1.54) is 0 Å². The molecule has 48 heavy (non-hydrogen) atoms. The van der Waals surface area contributed by atoms with Crippen LogP contribution in [0.2, 0.25) is 0 Å². The van der Waals surface area contributed by atoms with E-state index in [-0.39, 0.29) is 6.42 Å². The molecule has 8 heteroatoms. The molecule has 9 rings (SSSR count). The summed E-state index contributed by atoms with van der Waals surface area (Å²) < 4.78 is 6.02. The Balaban J connectivity index is 1.16. The van der Waals surface area contributed by atoms with Crippen LogP contribution >= 0.6 is 23.2 Å². The van der Waals surface area contributed by atoms with E-state index in [2.05, 4.69) is 5.32 Å². The molecule has 5 aromatic rings. The minimum atomic E-state index is -1.34. The first kappa shape index (κ1) is 30.4. The average Bonchev–Trinajstić information content (AvgIpc) is 3.38. The molecule has 0 saturated carbocycles. The maximum absolute atomic E-state index is 14.7. The molecule has 2 bridgehead atoms. The Morgan fingerprint density at radius 1 is 0.708 bits per heavy atom. The Morgan fingerprint density at radius 3 is 1.71 bits per heavy atom. The first-order chi connectivity index (χ1) is 23.2. The Bertz CT molecular complexity index is 1980. The van der Waals surface area contributed by atoms with Crippen LogP contribution in [0.5, 0.6) is 11.5 Å². The Morgan fingerprint density at radius 2 is 1.19 bits per heavy atom. The fourth-order valence-corrected chi connectivity index (χ4v) is 8.86. The maximum Gasteiger partial charge on any atom is 0.248 e. The highest BCUT2D eigenvalue weighted by molar-refractivity contribution is 6.36. The number of anilines is 1. The summed E-state index contributed by atoms with van der Waals surface area (Å²) in [4.78, 5) is 42.1. The molecule has 1 fully saturated rings. The smallest absolute Gasteiger partial charge is 0.248 e. The van der Waals surface area contributed by atoms with Gasteiger partial charge in [0.2, 0.25) is 17.7 Å². The molecule has 0 aromatic heterocycles. The average molecular weight is 674 g/mol. The lowest BCUT2D eigenvalue weighted by Gasteiger charge is -2.54. The number of carbonyl (C=O) groups excluding carboxylic acids is 3. The van der Waals surface area contributed by atoms with Crippen molar-refractivity contribution < 1.29 is 19.1 Å². The fourth-order valence-electron chi connectivity index (χ4n) is 7.76. The Labute approximate surface area is 288 Å². The summed E-state index contributed by atoms with van der Waals surface area (Å²) in [7, 11) is 0. The van der Waals surface area contributed by atoms with E-state index in [1.807, 2.05) is 110 Å². The summed E-state index contributed by atoms with van der Waals surface area (Å²) in [5, 5.41) is 2.95. The molecule has 0 spiro atoms. The Kier molecular flexibility index (Phi) is 7.20. The molecular formula is C40H30Cl2N2O4. The number of rotatable bonds is 7. The summed E-state index contributed by atoms with van der Waals surface area (Å²) in [6.07, 6.45) is 0.114. The molecule has 6 nitrogen and oxygen atoms in total. The van der Waals surface area contributed by atoms with E-state index in [4.69, 9.17) is 27.9 Å². The minimum Gasteiger partial charge on any atom is -0.457 e. The van der Waals surface area contributed by atoms with Gasteiger partial charge in [-0.15, -0.1) is 23.2 Å². The normalized spacial score (nSPS) is 24.0. The van der Waals surface area contributed by atoms with Crippen LogP contribution in [0.4, 0.5) is 5.69 Å². The molecule has 1 heterocycles. The van der Waals surface area contributed by atoms with Crippen molar-refractivity contribution in [3.8, 4) is 11.5 Å². The largest absolute Gasteiger partial charge is 0.457 e. The molecule has 1 N–H and O–H groups in total. The molecule has 1 saturated heterocycles. The molecule has 0 radical (unpaired) electrons. The van der Waals surface area contributed by atoms with Crippen molar-refractivity contribution >= 4 is 46.6 Å². The lowest BCUT2D eigenvalue weighted by molar-refractivity contribution is -0.146. The van der Waals surface area contributed by atoms with Crippen molar-refractivity contribution in [1.82, 2.24) is 4.90 Å². The van der Waals surface area contributed by atoms with Gasteiger partial charge < -0.3 is 10.1 Å². The van der Waals surface area contributed by atoms with Gasteiger partial charge in [-0.2, -0.15) is 0 Å². The van der Waals surface area contributed by atoms with Crippen LogP contribution in [0, 0.1) is 18.8 Å². The number of aryl methyl sites for hydroxylation is 1. The van der Waals surface area contributed by atoms with Gasteiger partial charge in [0.05, 0.1) is 11.8 Å². The minimum absolute atomic E-state index is 0.114. The molecule has 0 unspecified atom stereocenters. The number of imide groups is 1. The zero-order valence-electron chi connectivity index (χ0n) is 25.9. The van der Waals surface area contributed by atoms with Crippen LogP contribution in [0.1, 0.15) is 33.4 Å². The van der Waals surface area contributed by atoms with Crippen LogP contribution in [0.15, 0.2) is 127 Å². The lowest BCUT2D eigenvalue weighted by Crippen LogP contribution is -2.57. The predicted octanol–water partition coefficient (Wildman–Crippen LogP) is 7.93. The topological polar surface area (TPSA) is 75.7 Å². The van der Waals surface area contributed by atoms with Gasteiger partial charge in [-0.05, 0) is 70.6 Å². The number of ether oxygens (including phenoxy) is 1. The molecule has 5 aromatic carbocycles. The van der Waals surface area contributed by atoms with Crippen LogP contribution in [0.3, 0.4) is 0 Å². The maximum atomic E-state index is 14.7. The zero-order chi connectivity index (χ0) is 33.2. The monoisotopic (exact) mass is 672 g/mol. The fraction of sp³-hybridized carbons (Fsp3) is 0.175. The number of alkyl halides is 2. The number of nitrogens with zero attached hydrogens (tertiary/aromatic N) is 1. The van der Waals surface area contributed by atoms with Gasteiger partial charge >= 0.3 is 0 Å². The van der Waals surface area contributed by atoms with Crippen molar-refractivity contribution in [2.24, 2.45) is 11.8 Å². The van der Waals surface area contributed by atoms with Gasteiger partial charge in [0.1, 0.15) is 27.3 Å². The number of nitrogens with one attached hydrogen (secondary N) is 1. The van der Waals surface area contributed by atoms with Gasteiger partial charge in [-0.25, -0.2) is 0 Å². The van der Waals surface area contributed by atoms with E-state index >= 15 is 0 Å². The predicted molar refractivity (Wildman–Crippen MR) is 185 cm³/mol. The van der Waals surface area contributed by atoms with Crippen LogP contribution in [0.25, 0.3) is 0 Å². The van der Waals surface area contributed by atoms with Crippen molar-refractivity contribution in [2.75, 3.05) is 5.32 Å². The first-order valence-electron chi connectivity index (χ1n) is 15.9. The number of para-hydroxylation sites is 1. The second-order valence-electron chi connectivity index (χ2n) is 12.6. The van der Waals surface area contributed by atoms with Crippen LogP contribution < -0.4 is 10.1 Å². The summed E-state index contributed by atoms with van der Waals surface area (Å²) in [6, 6.07) is 37.9. The van der Waals surface area contributed by atoms with Gasteiger partial charge in [-0.3, -0.25) is 19.3 Å². The van der Waals surface area contributed by atoms with Crippen LogP contribution in [-0.2, 0) is 30.6 Å². The summed E-state index contributed by atoms with van der Waals surface area (Å²) >= 11 is 15.3. The lowest BCUT2D eigenvalue weighted by atomic mass is 9.54. The van der Waals surface area contributed by atoms with Gasteiger partial charge in [0.25, 0.3) is 0 Å². The highest BCUT2D eigenvalue weighted by Gasteiger charge is 2.73. The molecule has 4 aliphatic rings. The van der Waals surface area contributed by atoms with E-state index < -0.39 is 45.3 Å². The highest BCUT2D eigenvalue weighted by atomic mass is 35.5. The second-order valence-corrected chi connectivity index (χ2v) is 13.8. The Hall–Kier alpha value is -4.91. The number of hydrogen-bond donors (Lipinski definition) is 1. The number of benzene rings is 5. The molecular weight excluding hydrogens is 643 g/mol. The van der Waals surface area contributed by atoms with E-state index in [0.29, 0.717) is 33.7 Å². The molecule has 1 aliphatic heterocycles. The molecule has 238 valence electrons. The van der Waals surface area contributed by atoms with E-state index in [0.717, 1.165) is 21.8 Å². The van der Waals surface area contributed by atoms with Gasteiger partial charge in [-0.1, -0.05) is 97.1 Å². The number of hydrogen-bond acceptors (Lipinski definition) is 4. The highest BCUT2D eigenvalue weighted by Crippen LogP contribution is 2.69. The van der Waals surface area contributed by atoms with Crippen molar-refractivity contribution in [2.45, 2.75) is 29.1 Å². The molecule has 3 atom stereocenters. The number of carbonyl (C=O) groups is 3. The molecule has 3 aliphatic carbocycles. The van der Waals surface area contributed by atoms with Crippen molar-refractivity contribution in [1.29, 1.82) is 0 Å². The quantitative estimate of drug-likeness (QED) is 0.141. The summed E-state index contributed by atoms with van der Waals surface area (Å²) in [5.41, 5.74) is 5.13. The molecule has 3 amide bonds. The number of amides is 3. The third kappa shape index (κ3) is 4.43. The van der Waals surface area contributed by atoms with Gasteiger partial charge in [0, 0.05) is 12.1 Å². The number of likely N-dealkylation sites (tertiary alicyclic amines) is 1. The van der Waals surface area contributed by atoms with Crippen LogP contribution in [-0.4, -0.2) is 28.7 Å². The van der Waals surface area contributed by atoms with Crippen molar-refractivity contribution in [3.63, 3.8) is 0 Å². The van der Waals surface area contributed by atoms with Gasteiger partial charge in [0.15, 0.2) is 0 Å². The van der Waals surface area contributed by atoms with E-state index in [1.54, 1.807) is 24.3 Å². The SMILES string of the molecule is Cc1ccccc1Oc1ccc(NC(=O)[C@@H](Cc2ccccc2)N2C(=O)[C@@H]3[C@H](C2=O)C2(Cl)c4ccccc4C3(Cl)c3ccccc32)cc1. The summed E-state index contributed by atoms with van der Waals surface area (Å²) in [5.74, 6) is -2.18.